The molecular formula is C7H6BrClN2S. The molecule has 0 amide bonds. The van der Waals surface area contributed by atoms with Crippen LogP contribution in [0.25, 0.3) is 0 Å². The predicted octanol–water partition coefficient (Wildman–Crippen LogP) is 2.33. The minimum Gasteiger partial charge on any atom is -0.393 e. The zero-order chi connectivity index (χ0) is 9.14. The van der Waals surface area contributed by atoms with Crippen LogP contribution in [0.15, 0.2) is 16.7 Å². The largest absolute Gasteiger partial charge is 0.393 e. The number of thiocarbonyl (C=S) groups is 1. The van der Waals surface area contributed by atoms with E-state index in [4.69, 9.17) is 29.6 Å². The number of nitrogens with two attached hydrogens (primary N) is 1. The fourth-order valence-electron chi connectivity index (χ4n) is 0.774. The number of halogens is 2. The third kappa shape index (κ3) is 2.69. The molecule has 0 atom stereocenters. The second-order valence-electron chi connectivity index (χ2n) is 2.24. The molecule has 12 heavy (non-hydrogen) atoms. The van der Waals surface area contributed by atoms with Gasteiger partial charge in [-0.05, 0) is 27.6 Å². The summed E-state index contributed by atoms with van der Waals surface area (Å²) in [6.45, 7) is 0. The van der Waals surface area contributed by atoms with Crippen LogP contribution < -0.4 is 5.73 Å². The minimum atomic E-state index is 0.443. The quantitative estimate of drug-likeness (QED) is 0.659. The Morgan fingerprint density at radius 2 is 2.42 bits per heavy atom. The van der Waals surface area contributed by atoms with Crippen molar-refractivity contribution in [1.82, 2.24) is 4.98 Å². The summed E-state index contributed by atoms with van der Waals surface area (Å²) < 4.78 is 0.875. The van der Waals surface area contributed by atoms with Gasteiger partial charge < -0.3 is 5.73 Å². The Morgan fingerprint density at radius 3 is 3.00 bits per heavy atom. The molecule has 1 aromatic heterocycles. The van der Waals surface area contributed by atoms with Crippen molar-refractivity contribution in [1.29, 1.82) is 0 Å². The van der Waals surface area contributed by atoms with E-state index in [1.165, 1.54) is 0 Å². The SMILES string of the molecule is NC(=S)Cc1cc(Cl)ncc1Br. The first-order valence-electron chi connectivity index (χ1n) is 3.18. The van der Waals surface area contributed by atoms with E-state index in [1.54, 1.807) is 12.3 Å². The lowest BCUT2D eigenvalue weighted by atomic mass is 10.2. The van der Waals surface area contributed by atoms with E-state index in [-0.39, 0.29) is 0 Å². The number of hydrogen-bond acceptors (Lipinski definition) is 2. The molecule has 0 aliphatic heterocycles. The zero-order valence-corrected chi connectivity index (χ0v) is 9.21. The maximum absolute atomic E-state index is 5.68. The number of aromatic nitrogens is 1. The lowest BCUT2D eigenvalue weighted by molar-refractivity contribution is 1.22. The van der Waals surface area contributed by atoms with Crippen molar-refractivity contribution in [2.24, 2.45) is 5.73 Å². The van der Waals surface area contributed by atoms with Gasteiger partial charge in [-0.15, -0.1) is 0 Å². The van der Waals surface area contributed by atoms with E-state index >= 15 is 0 Å². The average molecular weight is 266 g/mol. The summed E-state index contributed by atoms with van der Waals surface area (Å²) in [5.74, 6) is 0. The molecule has 0 saturated carbocycles. The number of rotatable bonds is 2. The van der Waals surface area contributed by atoms with Crippen LogP contribution in [0, 0.1) is 0 Å². The number of pyridine rings is 1. The first-order chi connectivity index (χ1) is 5.59. The lowest BCUT2D eigenvalue weighted by Gasteiger charge is -2.02. The minimum absolute atomic E-state index is 0.443. The Kier molecular flexibility index (Phi) is 3.43. The molecule has 2 N–H and O–H groups in total. The van der Waals surface area contributed by atoms with Crippen molar-refractivity contribution < 1.29 is 0 Å². The van der Waals surface area contributed by atoms with Crippen molar-refractivity contribution in [3.8, 4) is 0 Å². The molecule has 0 aliphatic rings. The topological polar surface area (TPSA) is 38.9 Å². The zero-order valence-electron chi connectivity index (χ0n) is 6.05. The highest BCUT2D eigenvalue weighted by atomic mass is 79.9. The Hall–Kier alpha value is -0.190. The van der Waals surface area contributed by atoms with Crippen LogP contribution in [-0.4, -0.2) is 9.97 Å². The molecule has 0 aromatic carbocycles. The second-order valence-corrected chi connectivity index (χ2v) is 4.01. The molecule has 0 spiro atoms. The summed E-state index contributed by atoms with van der Waals surface area (Å²) in [5.41, 5.74) is 6.35. The van der Waals surface area contributed by atoms with Crippen LogP contribution >= 0.6 is 39.7 Å². The molecule has 0 aliphatic carbocycles. The van der Waals surface area contributed by atoms with Gasteiger partial charge in [0.05, 0.1) is 4.99 Å². The van der Waals surface area contributed by atoms with Crippen molar-refractivity contribution in [2.45, 2.75) is 6.42 Å². The van der Waals surface area contributed by atoms with E-state index in [2.05, 4.69) is 20.9 Å². The molecule has 1 aromatic rings. The molecule has 1 heterocycles. The van der Waals surface area contributed by atoms with Crippen molar-refractivity contribution in [2.75, 3.05) is 0 Å². The van der Waals surface area contributed by atoms with E-state index in [9.17, 15) is 0 Å². The van der Waals surface area contributed by atoms with Crippen LogP contribution in [0.4, 0.5) is 0 Å². The molecule has 0 saturated heterocycles. The van der Waals surface area contributed by atoms with Crippen LogP contribution in [0.3, 0.4) is 0 Å². The molecule has 0 radical (unpaired) electrons. The summed E-state index contributed by atoms with van der Waals surface area (Å²) in [5, 5.41) is 0.449. The number of nitrogens with zero attached hydrogens (tertiary/aromatic N) is 1. The van der Waals surface area contributed by atoms with Gasteiger partial charge in [-0.3, -0.25) is 0 Å². The number of hydrogen-bond donors (Lipinski definition) is 1. The molecule has 0 fully saturated rings. The maximum atomic E-state index is 5.68. The highest BCUT2D eigenvalue weighted by molar-refractivity contribution is 9.10. The Bertz CT molecular complexity index is 316. The van der Waals surface area contributed by atoms with E-state index in [0.29, 0.717) is 16.6 Å². The summed E-state index contributed by atoms with van der Waals surface area (Å²) in [4.78, 5) is 4.32. The first kappa shape index (κ1) is 9.89. The van der Waals surface area contributed by atoms with Gasteiger partial charge in [0.25, 0.3) is 0 Å². The third-order valence-electron chi connectivity index (χ3n) is 1.27. The van der Waals surface area contributed by atoms with Gasteiger partial charge >= 0.3 is 0 Å². The highest BCUT2D eigenvalue weighted by Gasteiger charge is 2.02. The van der Waals surface area contributed by atoms with E-state index in [1.807, 2.05) is 0 Å². The van der Waals surface area contributed by atoms with Gasteiger partial charge in [-0.2, -0.15) is 0 Å². The van der Waals surface area contributed by atoms with Crippen molar-refractivity contribution in [3.63, 3.8) is 0 Å². The molecule has 0 unspecified atom stereocenters. The van der Waals surface area contributed by atoms with Gasteiger partial charge in [0.15, 0.2) is 0 Å². The van der Waals surface area contributed by atoms with Crippen LogP contribution in [0.5, 0.6) is 0 Å². The summed E-state index contributed by atoms with van der Waals surface area (Å²) in [6.07, 6.45) is 2.17. The second kappa shape index (κ2) is 4.16. The molecule has 0 bridgehead atoms. The monoisotopic (exact) mass is 264 g/mol. The van der Waals surface area contributed by atoms with E-state index < -0.39 is 0 Å². The molecule has 2 nitrogen and oxygen atoms in total. The summed E-state index contributed by atoms with van der Waals surface area (Å²) in [7, 11) is 0. The Morgan fingerprint density at radius 1 is 1.75 bits per heavy atom. The van der Waals surface area contributed by atoms with Gasteiger partial charge in [0, 0.05) is 17.1 Å². The average Bonchev–Trinajstić information content (AvgIpc) is 1.96. The fourth-order valence-corrected chi connectivity index (χ4v) is 1.47. The third-order valence-corrected chi connectivity index (χ3v) is 2.33. The van der Waals surface area contributed by atoms with Gasteiger partial charge in [-0.25, -0.2) is 4.98 Å². The highest BCUT2D eigenvalue weighted by Crippen LogP contribution is 2.18. The van der Waals surface area contributed by atoms with Gasteiger partial charge in [0.1, 0.15) is 5.15 Å². The molecule has 1 rings (SSSR count). The van der Waals surface area contributed by atoms with Crippen molar-refractivity contribution >= 4 is 44.7 Å². The van der Waals surface area contributed by atoms with E-state index in [0.717, 1.165) is 10.0 Å². The maximum Gasteiger partial charge on any atom is 0.129 e. The standard InChI is InChI=1S/C7H6BrClN2S/c8-5-3-11-6(9)1-4(5)2-7(10)12/h1,3H,2H2,(H2,10,12). The normalized spacial score (nSPS) is 9.83. The van der Waals surface area contributed by atoms with Crippen molar-refractivity contribution in [3.05, 3.63) is 27.5 Å². The fraction of sp³-hybridized carbons (Fsp3) is 0.143. The van der Waals surface area contributed by atoms with Crippen LogP contribution in [0.2, 0.25) is 5.15 Å². The van der Waals surface area contributed by atoms with Gasteiger partial charge in [-0.1, -0.05) is 23.8 Å². The van der Waals surface area contributed by atoms with Gasteiger partial charge in [0.2, 0.25) is 0 Å². The molecular weight excluding hydrogens is 260 g/mol. The Balaban J connectivity index is 2.97. The molecule has 5 heteroatoms. The predicted molar refractivity (Wildman–Crippen MR) is 57.4 cm³/mol. The van der Waals surface area contributed by atoms with Crippen LogP contribution in [-0.2, 0) is 6.42 Å². The lowest BCUT2D eigenvalue weighted by Crippen LogP contribution is -2.11. The Labute approximate surface area is 89.3 Å². The molecule has 64 valence electrons. The first-order valence-corrected chi connectivity index (χ1v) is 4.75. The smallest absolute Gasteiger partial charge is 0.129 e. The van der Waals surface area contributed by atoms with Crippen LogP contribution in [0.1, 0.15) is 5.56 Å². The summed E-state index contributed by atoms with van der Waals surface area (Å²) >= 11 is 13.8. The summed E-state index contributed by atoms with van der Waals surface area (Å²) in [6, 6.07) is 1.74.